The fourth-order valence-electron chi connectivity index (χ4n) is 1.08. The molecule has 0 saturated heterocycles. The fourth-order valence-corrected chi connectivity index (χ4v) is 1.18. The van der Waals surface area contributed by atoms with Crippen molar-refractivity contribution < 1.29 is 29.6 Å². The van der Waals surface area contributed by atoms with Gasteiger partial charge in [-0.25, -0.2) is 4.98 Å². The first-order chi connectivity index (χ1) is 10.1. The van der Waals surface area contributed by atoms with Crippen molar-refractivity contribution in [2.45, 2.75) is 33.2 Å². The van der Waals surface area contributed by atoms with Crippen LogP contribution >= 0.6 is 11.6 Å². The average Bonchev–Trinajstić information content (AvgIpc) is 2.53. The number of rotatable bonds is 3. The minimum atomic E-state index is 0. The number of pyridine rings is 1. The normalized spacial score (nSPS) is 9.91. The Morgan fingerprint density at radius 3 is 2.32 bits per heavy atom. The van der Waals surface area contributed by atoms with E-state index in [4.69, 9.17) is 11.6 Å². The van der Waals surface area contributed by atoms with E-state index in [1.807, 2.05) is 39.1 Å². The average molecular weight is 329 g/mol. The third-order valence-electron chi connectivity index (χ3n) is 2.10. The zero-order chi connectivity index (χ0) is 16.1. The van der Waals surface area contributed by atoms with Crippen molar-refractivity contribution in [3.63, 3.8) is 0 Å². The van der Waals surface area contributed by atoms with Gasteiger partial charge in [-0.1, -0.05) is 37.7 Å². The molecule has 0 radical (unpaired) electrons. The monoisotopic (exact) mass is 328 g/mol. The molecule has 0 amide bonds. The molecule has 0 aromatic carbocycles. The van der Waals surface area contributed by atoms with Gasteiger partial charge in [-0.15, -0.1) is 12.2 Å². The van der Waals surface area contributed by atoms with Crippen LogP contribution in [-0.4, -0.2) is 21.0 Å². The van der Waals surface area contributed by atoms with Gasteiger partial charge in [0.15, 0.2) is 0 Å². The molecule has 0 spiro atoms. The summed E-state index contributed by atoms with van der Waals surface area (Å²) in [6.45, 7) is 13.6. The zero-order valence-electron chi connectivity index (χ0n) is 13.8. The van der Waals surface area contributed by atoms with E-state index in [1.54, 1.807) is 0 Å². The van der Waals surface area contributed by atoms with Crippen LogP contribution in [0.3, 0.4) is 0 Å². The number of hydrogen-bond acceptors (Lipinski definition) is 4. The van der Waals surface area contributed by atoms with E-state index in [2.05, 4.69) is 40.3 Å². The van der Waals surface area contributed by atoms with Gasteiger partial charge in [-0.3, -0.25) is 4.98 Å². The van der Waals surface area contributed by atoms with E-state index < -0.39 is 0 Å². The first-order valence-corrected chi connectivity index (χ1v) is 7.14. The summed E-state index contributed by atoms with van der Waals surface area (Å²) in [4.78, 5) is 11.4. The summed E-state index contributed by atoms with van der Waals surface area (Å²) in [5.74, 6) is 0.865. The Balaban J connectivity index is 0. The molecule has 0 aliphatic carbocycles. The summed E-state index contributed by atoms with van der Waals surface area (Å²) < 4.78 is 0. The molecule has 0 saturated carbocycles. The molecule has 1 N–H and O–H groups in total. The first-order valence-electron chi connectivity index (χ1n) is 6.77. The fraction of sp³-hybridized carbons (Fsp3) is 0.312. The molecule has 2 aromatic rings. The second-order valence-corrected chi connectivity index (χ2v) is 4.21. The van der Waals surface area contributed by atoms with Gasteiger partial charge in [-0.05, 0) is 24.8 Å². The molecule has 2 heterocycles. The SMILES string of the molecule is CC.Clc1cn[c-]cn1.[CH2-]CC([CH2-])Nc1ccc(C)cn1.[Na+]. The largest absolute Gasteiger partial charge is 1.00 e. The number of hydrogen-bond donors (Lipinski definition) is 1. The van der Waals surface area contributed by atoms with Gasteiger partial charge in [0.2, 0.25) is 0 Å². The summed E-state index contributed by atoms with van der Waals surface area (Å²) in [5, 5.41) is 3.54. The Hall–Kier alpha value is -0.680. The van der Waals surface area contributed by atoms with Crippen LogP contribution in [0.4, 0.5) is 5.82 Å². The maximum Gasteiger partial charge on any atom is 1.00 e. The molecule has 2 rings (SSSR count). The number of aryl methyl sites for hydroxylation is 1. The molecule has 22 heavy (non-hydrogen) atoms. The van der Waals surface area contributed by atoms with Crippen molar-refractivity contribution in [3.8, 4) is 0 Å². The number of aromatic nitrogens is 3. The standard InChI is InChI=1S/C10H14N2.C4H2ClN2.C2H6.Na/c1-4-9(3)12-10-6-5-8(2)7-11-10;5-4-3-6-1-2-7-4;1-2;/h5-7,9H,1,3-4H2,2H3,(H,11,12);2-3H;1-2H3;/q-2;-1;;+1. The van der Waals surface area contributed by atoms with Crippen LogP contribution in [0.15, 0.2) is 30.7 Å². The second-order valence-electron chi connectivity index (χ2n) is 3.82. The third kappa shape index (κ3) is 11.9. The van der Waals surface area contributed by atoms with E-state index in [0.29, 0.717) is 5.15 Å². The quantitative estimate of drug-likeness (QED) is 0.679. The van der Waals surface area contributed by atoms with Gasteiger partial charge in [0, 0.05) is 6.20 Å². The van der Waals surface area contributed by atoms with Crippen molar-refractivity contribution in [2.75, 3.05) is 5.32 Å². The summed E-state index contributed by atoms with van der Waals surface area (Å²) in [6, 6.07) is 4.11. The van der Waals surface area contributed by atoms with E-state index >= 15 is 0 Å². The maximum absolute atomic E-state index is 5.35. The Morgan fingerprint density at radius 1 is 1.27 bits per heavy atom. The van der Waals surface area contributed by atoms with Crippen LogP contribution < -0.4 is 34.9 Å². The Labute approximate surface area is 161 Å². The molecule has 0 bridgehead atoms. The van der Waals surface area contributed by atoms with Crippen molar-refractivity contribution in [1.29, 1.82) is 0 Å². The number of nitrogens with zero attached hydrogens (tertiary/aromatic N) is 3. The van der Waals surface area contributed by atoms with Crippen molar-refractivity contribution in [1.82, 2.24) is 15.0 Å². The molecule has 1 atom stereocenters. The van der Waals surface area contributed by atoms with Crippen LogP contribution in [0.1, 0.15) is 25.8 Å². The summed E-state index contributed by atoms with van der Waals surface area (Å²) in [5.41, 5.74) is 1.16. The molecule has 4 nitrogen and oxygen atoms in total. The summed E-state index contributed by atoms with van der Waals surface area (Å²) in [6.07, 6.45) is 7.93. The van der Waals surface area contributed by atoms with E-state index in [9.17, 15) is 0 Å². The Bertz CT molecular complexity index is 465. The van der Waals surface area contributed by atoms with E-state index in [1.165, 1.54) is 12.4 Å². The molecule has 1 unspecified atom stereocenters. The minimum Gasteiger partial charge on any atom is -0.455 e. The van der Waals surface area contributed by atoms with Crippen LogP contribution in [0.5, 0.6) is 0 Å². The smallest absolute Gasteiger partial charge is 0.455 e. The molecular formula is C16H22ClN4Na-2. The van der Waals surface area contributed by atoms with Gasteiger partial charge in [0.25, 0.3) is 0 Å². The van der Waals surface area contributed by atoms with E-state index in [-0.39, 0.29) is 35.6 Å². The maximum atomic E-state index is 5.35. The zero-order valence-corrected chi connectivity index (χ0v) is 16.6. The molecule has 116 valence electrons. The van der Waals surface area contributed by atoms with Gasteiger partial charge in [0.1, 0.15) is 5.82 Å². The van der Waals surface area contributed by atoms with Crippen molar-refractivity contribution in [3.05, 3.63) is 61.5 Å². The third-order valence-corrected chi connectivity index (χ3v) is 2.30. The topological polar surface area (TPSA) is 50.7 Å². The van der Waals surface area contributed by atoms with Crippen molar-refractivity contribution in [2.24, 2.45) is 0 Å². The summed E-state index contributed by atoms with van der Waals surface area (Å²) >= 11 is 5.35. The van der Waals surface area contributed by atoms with Crippen LogP contribution in [0.25, 0.3) is 0 Å². The first kappa shape index (κ1) is 23.6. The minimum absolute atomic E-state index is 0. The van der Waals surface area contributed by atoms with Gasteiger partial charge in [-0.2, -0.15) is 6.42 Å². The molecule has 2 aromatic heterocycles. The van der Waals surface area contributed by atoms with Crippen LogP contribution in [0.2, 0.25) is 5.15 Å². The van der Waals surface area contributed by atoms with Gasteiger partial charge < -0.3 is 24.1 Å². The van der Waals surface area contributed by atoms with Crippen LogP contribution in [0, 0.1) is 27.0 Å². The predicted molar refractivity (Wildman–Crippen MR) is 88.9 cm³/mol. The summed E-state index contributed by atoms with van der Waals surface area (Å²) in [7, 11) is 0. The van der Waals surface area contributed by atoms with E-state index in [0.717, 1.165) is 17.8 Å². The Morgan fingerprint density at radius 2 is 1.95 bits per heavy atom. The molecule has 0 aliphatic heterocycles. The number of halogens is 1. The molecule has 0 aliphatic rings. The predicted octanol–water partition coefficient (Wildman–Crippen LogP) is 1.19. The van der Waals surface area contributed by atoms with Crippen molar-refractivity contribution >= 4 is 17.4 Å². The molecular weight excluding hydrogens is 307 g/mol. The molecule has 0 fully saturated rings. The second kappa shape index (κ2) is 15.2. The number of nitrogens with one attached hydrogen (secondary N) is 1. The Kier molecular flexibility index (Phi) is 16.3. The van der Waals surface area contributed by atoms with Gasteiger partial charge in [0.05, 0.1) is 5.15 Å². The molecule has 6 heteroatoms. The van der Waals surface area contributed by atoms with Gasteiger partial charge >= 0.3 is 29.6 Å². The van der Waals surface area contributed by atoms with Crippen LogP contribution in [-0.2, 0) is 0 Å². The number of anilines is 1.